The number of alkyl halides is 3. The van der Waals surface area contributed by atoms with Gasteiger partial charge in [0.25, 0.3) is 5.56 Å². The smallest absolute Gasteiger partial charge is 0.406 e. The normalized spacial score (nSPS) is 14.8. The van der Waals surface area contributed by atoms with Gasteiger partial charge in [0, 0.05) is 31.8 Å². The molecule has 0 saturated carbocycles. The minimum Gasteiger partial charge on any atom is -0.406 e. The third kappa shape index (κ3) is 6.94. The molecule has 9 nitrogen and oxygen atoms in total. The molecule has 2 aromatic carbocycles. The molecule has 1 aliphatic heterocycles. The summed E-state index contributed by atoms with van der Waals surface area (Å²) in [6, 6.07) is 12.8. The Morgan fingerprint density at radius 3 is 2.51 bits per heavy atom. The molecular weight excluding hydrogens is 541 g/mol. The van der Waals surface area contributed by atoms with Gasteiger partial charge in [0.05, 0.1) is 6.61 Å². The number of anilines is 2. The molecule has 1 atom stereocenters. The summed E-state index contributed by atoms with van der Waals surface area (Å²) in [7, 11) is 1.54. The number of halogens is 4. The average Bonchev–Trinajstić information content (AvgIpc) is 3.24. The Hall–Kier alpha value is -3.48. The van der Waals surface area contributed by atoms with Gasteiger partial charge in [0.15, 0.2) is 0 Å². The molecule has 0 bridgehead atoms. The van der Waals surface area contributed by atoms with Gasteiger partial charge in [-0.05, 0) is 54.7 Å². The van der Waals surface area contributed by atoms with Crippen LogP contribution in [0.3, 0.4) is 0 Å². The van der Waals surface area contributed by atoms with E-state index in [-0.39, 0.29) is 44.2 Å². The third-order valence-electron chi connectivity index (χ3n) is 6.18. The zero-order chi connectivity index (χ0) is 28.2. The lowest BCUT2D eigenvalue weighted by Gasteiger charge is -2.26. The molecule has 13 heteroatoms. The number of rotatable bonds is 11. The van der Waals surface area contributed by atoms with Crippen LogP contribution in [0.25, 0.3) is 0 Å². The molecule has 1 aliphatic rings. The van der Waals surface area contributed by atoms with Crippen molar-refractivity contribution in [3.8, 4) is 5.75 Å². The molecule has 4 rings (SSSR count). The Balaban J connectivity index is 1.52. The van der Waals surface area contributed by atoms with E-state index < -0.39 is 24.0 Å². The number of aromatic nitrogens is 2. The number of aliphatic hydroxyl groups is 1. The van der Waals surface area contributed by atoms with Crippen LogP contribution in [-0.2, 0) is 31.3 Å². The number of aryl methyl sites for hydroxylation is 1. The predicted octanol–water partition coefficient (Wildman–Crippen LogP) is 3.85. The number of nitrogens with one attached hydrogen (secondary N) is 1. The summed E-state index contributed by atoms with van der Waals surface area (Å²) in [6.07, 6.45) is -4.41. The van der Waals surface area contributed by atoms with Crippen LogP contribution in [0.2, 0.25) is 5.02 Å². The van der Waals surface area contributed by atoms with Gasteiger partial charge >= 0.3 is 12.1 Å². The number of nitrogens with zero attached hydrogens (tertiary/aromatic N) is 3. The summed E-state index contributed by atoms with van der Waals surface area (Å²) in [5, 5.41) is 12.9. The monoisotopic (exact) mass is 568 g/mol. The van der Waals surface area contributed by atoms with Gasteiger partial charge in [-0.1, -0.05) is 35.9 Å². The first kappa shape index (κ1) is 28.5. The van der Waals surface area contributed by atoms with Crippen LogP contribution in [0, 0.1) is 0 Å². The van der Waals surface area contributed by atoms with Gasteiger partial charge in [-0.25, -0.2) is 4.79 Å². The predicted molar refractivity (Wildman–Crippen MR) is 140 cm³/mol. The molecule has 3 aromatic rings. The summed E-state index contributed by atoms with van der Waals surface area (Å²) >= 11 is 6.02. The lowest BCUT2D eigenvalue weighted by atomic mass is 10.1. The molecular formula is C26H28ClF3N4O5. The maximum Gasteiger partial charge on any atom is 0.573 e. The number of aliphatic hydroxyl groups excluding tert-OH is 1. The highest BCUT2D eigenvalue weighted by Gasteiger charge is 2.35. The molecule has 0 fully saturated rings. The van der Waals surface area contributed by atoms with Crippen molar-refractivity contribution < 1.29 is 27.8 Å². The van der Waals surface area contributed by atoms with Gasteiger partial charge in [0.1, 0.15) is 17.3 Å². The SMILES string of the molecule is Cn1c2c(c(=O)n(CCCO)c1=O)N(Cc1ccc(Cl)cc1)C(OCCCc1cccc(OC(F)(F)F)c1)N2. The second-order valence-corrected chi connectivity index (χ2v) is 9.43. The van der Waals surface area contributed by atoms with Gasteiger partial charge in [-0.3, -0.25) is 13.9 Å². The Bertz CT molecular complexity index is 1410. The number of hydrogen-bond donors (Lipinski definition) is 2. The van der Waals surface area contributed by atoms with Crippen molar-refractivity contribution in [1.29, 1.82) is 0 Å². The Morgan fingerprint density at radius 2 is 1.82 bits per heavy atom. The molecule has 1 unspecified atom stereocenters. The van der Waals surface area contributed by atoms with E-state index in [0.29, 0.717) is 29.2 Å². The zero-order valence-corrected chi connectivity index (χ0v) is 21.8. The molecule has 0 aliphatic carbocycles. The van der Waals surface area contributed by atoms with Crippen molar-refractivity contribution in [2.45, 2.75) is 45.1 Å². The standard InChI is InChI=1S/C26H28ClF3N4O5/c1-32-22-21(23(36)33(25(32)37)12-4-13-35)34(16-18-8-10-19(27)11-9-18)24(31-22)38-14-3-6-17-5-2-7-20(15-17)39-26(28,29)30/h2,5,7-11,15,24,31,35H,3-4,6,12-14,16H2,1H3. The fourth-order valence-corrected chi connectivity index (χ4v) is 4.49. The number of ether oxygens (including phenoxy) is 2. The largest absolute Gasteiger partial charge is 0.573 e. The summed E-state index contributed by atoms with van der Waals surface area (Å²) < 4.78 is 50.1. The average molecular weight is 569 g/mol. The summed E-state index contributed by atoms with van der Waals surface area (Å²) in [6.45, 7) is 0.370. The topological polar surface area (TPSA) is 98.0 Å². The van der Waals surface area contributed by atoms with Crippen molar-refractivity contribution in [2.24, 2.45) is 7.05 Å². The van der Waals surface area contributed by atoms with Crippen molar-refractivity contribution in [2.75, 3.05) is 23.4 Å². The molecule has 0 amide bonds. The minimum absolute atomic E-state index is 0.0622. The van der Waals surface area contributed by atoms with Crippen LogP contribution < -0.4 is 26.2 Å². The van der Waals surface area contributed by atoms with Gasteiger partial charge in [-0.15, -0.1) is 13.2 Å². The van der Waals surface area contributed by atoms with E-state index in [0.717, 1.165) is 10.1 Å². The summed E-state index contributed by atoms with van der Waals surface area (Å²) in [5.74, 6) is 0.0163. The molecule has 210 valence electrons. The molecule has 0 spiro atoms. The summed E-state index contributed by atoms with van der Waals surface area (Å²) in [4.78, 5) is 28.0. The molecule has 39 heavy (non-hydrogen) atoms. The van der Waals surface area contributed by atoms with E-state index >= 15 is 0 Å². The maximum atomic E-state index is 13.4. The highest BCUT2D eigenvalue weighted by Crippen LogP contribution is 2.32. The third-order valence-corrected chi connectivity index (χ3v) is 6.43. The van der Waals surface area contributed by atoms with Crippen LogP contribution in [0.15, 0.2) is 58.1 Å². The van der Waals surface area contributed by atoms with Crippen molar-refractivity contribution in [1.82, 2.24) is 9.13 Å². The fraction of sp³-hybridized carbons (Fsp3) is 0.385. The fourth-order valence-electron chi connectivity index (χ4n) is 4.36. The van der Waals surface area contributed by atoms with E-state index in [1.54, 1.807) is 30.1 Å². The maximum absolute atomic E-state index is 13.4. The second kappa shape index (κ2) is 12.1. The van der Waals surface area contributed by atoms with Crippen molar-refractivity contribution in [3.05, 3.63) is 85.5 Å². The molecule has 0 saturated heterocycles. The molecule has 2 heterocycles. The Labute approximate surface area is 227 Å². The Morgan fingerprint density at radius 1 is 1.08 bits per heavy atom. The first-order chi connectivity index (χ1) is 18.6. The van der Waals surface area contributed by atoms with Crippen LogP contribution in [0.5, 0.6) is 5.75 Å². The second-order valence-electron chi connectivity index (χ2n) is 8.99. The lowest BCUT2D eigenvalue weighted by Crippen LogP contribution is -2.42. The van der Waals surface area contributed by atoms with E-state index in [1.165, 1.54) is 22.8 Å². The quantitative estimate of drug-likeness (QED) is 0.339. The first-order valence-electron chi connectivity index (χ1n) is 12.3. The summed E-state index contributed by atoms with van der Waals surface area (Å²) in [5.41, 5.74) is 0.727. The van der Waals surface area contributed by atoms with Crippen LogP contribution in [0.4, 0.5) is 24.7 Å². The molecule has 1 aromatic heterocycles. The van der Waals surface area contributed by atoms with Gasteiger partial charge in [0.2, 0.25) is 6.35 Å². The van der Waals surface area contributed by atoms with E-state index in [4.69, 9.17) is 16.3 Å². The van der Waals surface area contributed by atoms with E-state index in [1.807, 2.05) is 12.1 Å². The van der Waals surface area contributed by atoms with Gasteiger partial charge in [-0.2, -0.15) is 0 Å². The molecule has 2 N–H and O–H groups in total. The first-order valence-corrected chi connectivity index (χ1v) is 12.6. The highest BCUT2D eigenvalue weighted by atomic mass is 35.5. The van der Waals surface area contributed by atoms with Crippen LogP contribution >= 0.6 is 11.6 Å². The molecule has 0 radical (unpaired) electrons. The van der Waals surface area contributed by atoms with Crippen LogP contribution in [-0.4, -0.2) is 40.2 Å². The lowest BCUT2D eigenvalue weighted by molar-refractivity contribution is -0.274. The number of hydrogen-bond acceptors (Lipinski definition) is 7. The Kier molecular flexibility index (Phi) is 8.88. The van der Waals surface area contributed by atoms with Gasteiger partial charge < -0.3 is 24.8 Å². The minimum atomic E-state index is -4.77. The highest BCUT2D eigenvalue weighted by molar-refractivity contribution is 6.30. The van der Waals surface area contributed by atoms with Crippen LogP contribution in [0.1, 0.15) is 24.0 Å². The number of benzene rings is 2. The number of fused-ring (bicyclic) bond motifs is 1. The van der Waals surface area contributed by atoms with E-state index in [2.05, 4.69) is 10.1 Å². The van der Waals surface area contributed by atoms with E-state index in [9.17, 15) is 27.9 Å². The van der Waals surface area contributed by atoms with Crippen molar-refractivity contribution in [3.63, 3.8) is 0 Å². The zero-order valence-electron chi connectivity index (χ0n) is 21.1. The van der Waals surface area contributed by atoms with Crippen molar-refractivity contribution >= 4 is 23.1 Å².